The van der Waals surface area contributed by atoms with E-state index in [1.807, 2.05) is 0 Å². The van der Waals surface area contributed by atoms with E-state index < -0.39 is 5.97 Å². The monoisotopic (exact) mass is 331 g/mol. The summed E-state index contributed by atoms with van der Waals surface area (Å²) >= 11 is 18.0. The first-order valence-electron chi connectivity index (χ1n) is 5.46. The van der Waals surface area contributed by atoms with E-state index in [2.05, 4.69) is 0 Å². The van der Waals surface area contributed by atoms with Crippen LogP contribution < -0.4 is 5.56 Å². The van der Waals surface area contributed by atoms with Gasteiger partial charge in [-0.1, -0.05) is 34.8 Å². The van der Waals surface area contributed by atoms with Crippen molar-refractivity contribution in [2.45, 2.75) is 6.54 Å². The summed E-state index contributed by atoms with van der Waals surface area (Å²) in [6.07, 6.45) is 1.23. The molecule has 1 N–H and O–H groups in total. The van der Waals surface area contributed by atoms with E-state index in [1.165, 1.54) is 22.9 Å². The zero-order valence-electron chi connectivity index (χ0n) is 9.94. The van der Waals surface area contributed by atoms with Crippen LogP contribution in [0.5, 0.6) is 0 Å². The van der Waals surface area contributed by atoms with Crippen LogP contribution in [0.2, 0.25) is 15.1 Å². The van der Waals surface area contributed by atoms with E-state index in [0.29, 0.717) is 15.6 Å². The van der Waals surface area contributed by atoms with Crippen LogP contribution in [0.25, 0.3) is 0 Å². The van der Waals surface area contributed by atoms with Gasteiger partial charge in [-0.25, -0.2) is 4.79 Å². The molecule has 104 valence electrons. The van der Waals surface area contributed by atoms with Gasteiger partial charge in [0.2, 0.25) is 0 Å². The van der Waals surface area contributed by atoms with Gasteiger partial charge in [0.25, 0.3) is 5.56 Å². The molecule has 2 aromatic rings. The molecule has 1 aromatic heterocycles. The number of rotatable bonds is 3. The molecule has 0 aliphatic rings. The summed E-state index contributed by atoms with van der Waals surface area (Å²) < 4.78 is 1.22. The van der Waals surface area contributed by atoms with Crippen molar-refractivity contribution >= 4 is 40.8 Å². The number of carboxylic acids is 1. The lowest BCUT2D eigenvalue weighted by atomic mass is 10.2. The number of pyridine rings is 1. The molecule has 0 aliphatic heterocycles. The number of carboxylic acid groups (broad SMARTS) is 1. The Kier molecular flexibility index (Phi) is 4.38. The fraction of sp³-hybridized carbons (Fsp3) is 0.0769. The van der Waals surface area contributed by atoms with E-state index in [-0.39, 0.29) is 22.7 Å². The summed E-state index contributed by atoms with van der Waals surface area (Å²) in [6.45, 7) is 0.0399. The molecule has 0 atom stereocenters. The molecule has 1 aromatic carbocycles. The molecule has 0 unspecified atom stereocenters. The number of aromatic carboxylic acids is 1. The molecular weight excluding hydrogens is 325 g/mol. The van der Waals surface area contributed by atoms with Crippen LogP contribution in [-0.4, -0.2) is 15.6 Å². The Hall–Kier alpha value is -1.49. The van der Waals surface area contributed by atoms with E-state index >= 15 is 0 Å². The van der Waals surface area contributed by atoms with Gasteiger partial charge in [-0.3, -0.25) is 4.79 Å². The second-order valence-electron chi connectivity index (χ2n) is 4.01. The summed E-state index contributed by atoms with van der Waals surface area (Å²) in [5.41, 5.74) is 0.103. The number of halogens is 3. The molecule has 0 aliphatic carbocycles. The van der Waals surface area contributed by atoms with Crippen molar-refractivity contribution in [2.24, 2.45) is 0 Å². The lowest BCUT2D eigenvalue weighted by Crippen LogP contribution is -2.21. The molecule has 20 heavy (non-hydrogen) atoms. The molecule has 0 spiro atoms. The SMILES string of the molecule is O=C(O)c1ccc(=O)n(Cc2c(Cl)ccc(Cl)c2Cl)c1. The predicted molar refractivity (Wildman–Crippen MR) is 78.2 cm³/mol. The lowest BCUT2D eigenvalue weighted by molar-refractivity contribution is 0.0696. The van der Waals surface area contributed by atoms with E-state index in [1.54, 1.807) is 12.1 Å². The molecule has 0 bridgehead atoms. The first-order valence-corrected chi connectivity index (χ1v) is 6.59. The number of carbonyl (C=O) groups is 1. The van der Waals surface area contributed by atoms with Crippen molar-refractivity contribution in [2.75, 3.05) is 0 Å². The number of benzene rings is 1. The summed E-state index contributed by atoms with van der Waals surface area (Å²) in [5.74, 6) is -1.12. The molecule has 0 amide bonds. The molecule has 2 rings (SSSR count). The van der Waals surface area contributed by atoms with Gasteiger partial charge in [-0.05, 0) is 18.2 Å². The smallest absolute Gasteiger partial charge is 0.337 e. The predicted octanol–water partition coefficient (Wildman–Crippen LogP) is 3.56. The Balaban J connectivity index is 2.50. The standard InChI is InChI=1S/C13H8Cl3NO3/c14-9-2-3-10(15)12(16)8(9)6-17-5-7(13(19)20)1-4-11(17)18/h1-5H,6H2,(H,19,20). The largest absolute Gasteiger partial charge is 0.478 e. The Morgan fingerprint density at radius 2 is 1.75 bits per heavy atom. The Morgan fingerprint density at radius 3 is 2.40 bits per heavy atom. The van der Waals surface area contributed by atoms with E-state index in [4.69, 9.17) is 39.9 Å². The maximum Gasteiger partial charge on any atom is 0.337 e. The van der Waals surface area contributed by atoms with Crippen molar-refractivity contribution in [1.82, 2.24) is 4.57 Å². The van der Waals surface area contributed by atoms with Crippen LogP contribution >= 0.6 is 34.8 Å². The third-order valence-corrected chi connectivity index (χ3v) is 3.90. The maximum absolute atomic E-state index is 11.8. The third kappa shape index (κ3) is 2.98. The first-order chi connectivity index (χ1) is 9.40. The van der Waals surface area contributed by atoms with Gasteiger partial charge in [-0.2, -0.15) is 0 Å². The topological polar surface area (TPSA) is 59.3 Å². The van der Waals surface area contributed by atoms with Crippen LogP contribution in [0.4, 0.5) is 0 Å². The van der Waals surface area contributed by atoms with Gasteiger partial charge in [0.1, 0.15) is 0 Å². The van der Waals surface area contributed by atoms with Crippen molar-refractivity contribution in [3.63, 3.8) is 0 Å². The van der Waals surface area contributed by atoms with Gasteiger partial charge in [-0.15, -0.1) is 0 Å². The Bertz CT molecular complexity index is 740. The summed E-state index contributed by atoms with van der Waals surface area (Å²) in [6, 6.07) is 5.53. The quantitative estimate of drug-likeness (QED) is 0.874. The molecule has 0 saturated heterocycles. The molecule has 4 nitrogen and oxygen atoms in total. The normalized spacial score (nSPS) is 10.6. The zero-order chi connectivity index (χ0) is 14.9. The van der Waals surface area contributed by atoms with Crippen molar-refractivity contribution in [1.29, 1.82) is 0 Å². The van der Waals surface area contributed by atoms with Gasteiger partial charge >= 0.3 is 5.97 Å². The van der Waals surface area contributed by atoms with Crippen LogP contribution in [0.1, 0.15) is 15.9 Å². The number of hydrogen-bond acceptors (Lipinski definition) is 2. The highest BCUT2D eigenvalue weighted by Gasteiger charge is 2.12. The van der Waals surface area contributed by atoms with Gasteiger partial charge in [0.05, 0.1) is 22.2 Å². The highest BCUT2D eigenvalue weighted by Crippen LogP contribution is 2.31. The van der Waals surface area contributed by atoms with Crippen LogP contribution in [0.15, 0.2) is 35.3 Å². The van der Waals surface area contributed by atoms with Gasteiger partial charge in [0, 0.05) is 22.8 Å². The maximum atomic E-state index is 11.8. The first kappa shape index (κ1) is 14.9. The third-order valence-electron chi connectivity index (χ3n) is 2.70. The Morgan fingerprint density at radius 1 is 1.10 bits per heavy atom. The number of hydrogen-bond donors (Lipinski definition) is 1. The fourth-order valence-corrected chi connectivity index (χ4v) is 2.33. The minimum Gasteiger partial charge on any atom is -0.478 e. The minimum absolute atomic E-state index is 0.00104. The van der Waals surface area contributed by atoms with Gasteiger partial charge in [0.15, 0.2) is 0 Å². The van der Waals surface area contributed by atoms with Crippen LogP contribution in [-0.2, 0) is 6.54 Å². The molecular formula is C13H8Cl3NO3. The summed E-state index contributed by atoms with van der Waals surface area (Å²) in [5, 5.41) is 9.84. The van der Waals surface area contributed by atoms with Crippen molar-refractivity contribution < 1.29 is 9.90 Å². The molecule has 0 fully saturated rings. The second kappa shape index (κ2) is 5.87. The minimum atomic E-state index is -1.12. The van der Waals surface area contributed by atoms with Crippen LogP contribution in [0.3, 0.4) is 0 Å². The average molecular weight is 333 g/mol. The lowest BCUT2D eigenvalue weighted by Gasteiger charge is -2.11. The van der Waals surface area contributed by atoms with Crippen molar-refractivity contribution in [3.8, 4) is 0 Å². The zero-order valence-corrected chi connectivity index (χ0v) is 12.2. The molecule has 0 saturated carbocycles. The second-order valence-corrected chi connectivity index (χ2v) is 5.20. The Labute approximate surface area is 129 Å². The van der Waals surface area contributed by atoms with E-state index in [0.717, 1.165) is 0 Å². The fourth-order valence-electron chi connectivity index (χ4n) is 1.67. The highest BCUT2D eigenvalue weighted by atomic mass is 35.5. The molecule has 1 heterocycles. The summed E-state index contributed by atoms with van der Waals surface area (Å²) in [7, 11) is 0. The number of nitrogens with zero attached hydrogens (tertiary/aromatic N) is 1. The molecule has 0 radical (unpaired) electrons. The summed E-state index contributed by atoms with van der Waals surface area (Å²) in [4.78, 5) is 22.7. The average Bonchev–Trinajstić information content (AvgIpc) is 2.41. The van der Waals surface area contributed by atoms with Crippen LogP contribution in [0, 0.1) is 0 Å². The van der Waals surface area contributed by atoms with E-state index in [9.17, 15) is 9.59 Å². The highest BCUT2D eigenvalue weighted by molar-refractivity contribution is 6.44. The van der Waals surface area contributed by atoms with Crippen molar-refractivity contribution in [3.05, 3.63) is 67.0 Å². The molecule has 7 heteroatoms. The number of aromatic nitrogens is 1. The van der Waals surface area contributed by atoms with Gasteiger partial charge < -0.3 is 9.67 Å².